The third-order valence-corrected chi connectivity index (χ3v) is 4.02. The van der Waals surface area contributed by atoms with E-state index >= 15 is 0 Å². The fourth-order valence-electron chi connectivity index (χ4n) is 2.17. The molecule has 6 N–H and O–H groups in total. The Labute approximate surface area is 149 Å². The number of imidazole rings is 1. The largest absolute Gasteiger partial charge is 0.480 e. The molecule has 0 bridgehead atoms. The fourth-order valence-corrected chi connectivity index (χ4v) is 2.17. The van der Waals surface area contributed by atoms with E-state index in [0.29, 0.717) is 11.5 Å². The summed E-state index contributed by atoms with van der Waals surface area (Å²) >= 11 is 0. The van der Waals surface area contributed by atoms with Crippen LogP contribution in [0.15, 0.2) is 17.0 Å². The molecule has 0 aliphatic carbocycles. The number of amides is 2. The van der Waals surface area contributed by atoms with E-state index in [9.17, 15) is 14.7 Å². The first-order valence-electron chi connectivity index (χ1n) is 8.23. The van der Waals surface area contributed by atoms with Crippen molar-refractivity contribution in [1.29, 1.82) is 0 Å². The van der Waals surface area contributed by atoms with Crippen LogP contribution in [0.2, 0.25) is 0 Å². The maximum atomic E-state index is 11.9. The number of aromatic nitrogens is 4. The third-order valence-electron chi connectivity index (χ3n) is 4.02. The number of nitrogens with zero attached hydrogens (tertiary/aromatic N) is 3. The average Bonchev–Trinajstić information content (AvgIpc) is 3.29. The van der Waals surface area contributed by atoms with Crippen LogP contribution in [0, 0.1) is 5.92 Å². The third kappa shape index (κ3) is 5.28. The molecule has 142 valence electrons. The van der Waals surface area contributed by atoms with Crippen molar-refractivity contribution in [3.05, 3.63) is 29.9 Å². The van der Waals surface area contributed by atoms with Gasteiger partial charge in [0.2, 0.25) is 5.89 Å². The van der Waals surface area contributed by atoms with Gasteiger partial charge in [-0.1, -0.05) is 25.4 Å². The number of carboxylic acid groups (broad SMARTS) is 1. The van der Waals surface area contributed by atoms with Gasteiger partial charge in [0.1, 0.15) is 6.04 Å². The Balaban J connectivity index is 1.85. The van der Waals surface area contributed by atoms with E-state index in [0.717, 1.165) is 6.42 Å². The lowest BCUT2D eigenvalue weighted by Crippen LogP contribution is -2.47. The minimum Gasteiger partial charge on any atom is -0.480 e. The zero-order valence-electron chi connectivity index (χ0n) is 14.6. The topological polar surface area (TPSA) is 172 Å². The van der Waals surface area contributed by atoms with Crippen molar-refractivity contribution in [2.75, 3.05) is 0 Å². The number of carbonyl (C=O) groups excluding carboxylic acids is 1. The number of H-pyrrole nitrogens is 1. The molecule has 0 radical (unpaired) electrons. The van der Waals surface area contributed by atoms with Gasteiger partial charge in [-0.15, -0.1) is 0 Å². The SMILES string of the molecule is CCC(C)C(N)c1noc(CNC(=O)NC(Cc2cnc[nH]2)C(=O)O)n1. The summed E-state index contributed by atoms with van der Waals surface area (Å²) in [5.74, 6) is -0.404. The van der Waals surface area contributed by atoms with Crippen LogP contribution in [0.5, 0.6) is 0 Å². The smallest absolute Gasteiger partial charge is 0.326 e. The van der Waals surface area contributed by atoms with E-state index in [1.54, 1.807) is 0 Å². The Morgan fingerprint density at radius 2 is 2.23 bits per heavy atom. The maximum Gasteiger partial charge on any atom is 0.326 e. The van der Waals surface area contributed by atoms with Gasteiger partial charge in [0, 0.05) is 18.3 Å². The standard InChI is InChI=1S/C15H23N7O4/c1-3-8(2)12(16)13-21-11(26-22-13)6-18-15(25)20-10(14(23)24)4-9-5-17-7-19-9/h5,7-8,10,12H,3-4,6,16H2,1-2H3,(H,17,19)(H,23,24)(H2,18,20,25). The molecule has 0 aliphatic heterocycles. The van der Waals surface area contributed by atoms with Crippen molar-refractivity contribution >= 4 is 12.0 Å². The highest BCUT2D eigenvalue weighted by Gasteiger charge is 2.22. The highest BCUT2D eigenvalue weighted by atomic mass is 16.5. The minimum absolute atomic E-state index is 0.0392. The van der Waals surface area contributed by atoms with Crippen molar-refractivity contribution < 1.29 is 19.2 Å². The molecule has 0 spiro atoms. The maximum absolute atomic E-state index is 11.9. The Hall–Kier alpha value is -2.95. The lowest BCUT2D eigenvalue weighted by atomic mass is 10.00. The summed E-state index contributed by atoms with van der Waals surface area (Å²) in [7, 11) is 0. The molecule has 0 saturated carbocycles. The lowest BCUT2D eigenvalue weighted by Gasteiger charge is -2.14. The molecule has 2 aromatic rings. The summed E-state index contributed by atoms with van der Waals surface area (Å²) in [6.45, 7) is 3.96. The first-order valence-corrected chi connectivity index (χ1v) is 8.23. The van der Waals surface area contributed by atoms with E-state index in [2.05, 4.69) is 30.7 Å². The molecule has 26 heavy (non-hydrogen) atoms. The number of nitrogens with two attached hydrogens (primary N) is 1. The monoisotopic (exact) mass is 365 g/mol. The summed E-state index contributed by atoms with van der Waals surface area (Å²) in [5.41, 5.74) is 6.62. The molecule has 2 amide bonds. The van der Waals surface area contributed by atoms with E-state index < -0.39 is 18.0 Å². The molecule has 11 nitrogen and oxygen atoms in total. The quantitative estimate of drug-likeness (QED) is 0.423. The number of urea groups is 1. The Kier molecular flexibility index (Phi) is 6.67. The van der Waals surface area contributed by atoms with Crippen molar-refractivity contribution in [1.82, 2.24) is 30.7 Å². The number of carboxylic acids is 1. The van der Waals surface area contributed by atoms with Gasteiger partial charge in [-0.3, -0.25) is 0 Å². The summed E-state index contributed by atoms with van der Waals surface area (Å²) in [6.07, 6.45) is 3.89. The van der Waals surface area contributed by atoms with Crippen LogP contribution in [0.3, 0.4) is 0 Å². The van der Waals surface area contributed by atoms with Crippen LogP contribution >= 0.6 is 0 Å². The first-order chi connectivity index (χ1) is 12.4. The molecule has 0 fully saturated rings. The highest BCUT2D eigenvalue weighted by Crippen LogP contribution is 2.18. The zero-order chi connectivity index (χ0) is 19.1. The van der Waals surface area contributed by atoms with Gasteiger partial charge >= 0.3 is 12.0 Å². The van der Waals surface area contributed by atoms with Crippen LogP contribution in [0.4, 0.5) is 4.79 Å². The van der Waals surface area contributed by atoms with E-state index in [4.69, 9.17) is 10.3 Å². The summed E-state index contributed by atoms with van der Waals surface area (Å²) in [5, 5.41) is 17.9. The van der Waals surface area contributed by atoms with Crippen LogP contribution in [0.1, 0.15) is 43.7 Å². The number of rotatable bonds is 9. The molecule has 0 aliphatic rings. The number of hydrogen-bond acceptors (Lipinski definition) is 7. The van der Waals surface area contributed by atoms with E-state index in [1.807, 2.05) is 13.8 Å². The van der Waals surface area contributed by atoms with Crippen molar-refractivity contribution in [2.45, 2.75) is 45.3 Å². The summed E-state index contributed by atoms with van der Waals surface area (Å²) in [4.78, 5) is 34.0. The molecule has 3 unspecified atom stereocenters. The molecule has 2 aromatic heterocycles. The second kappa shape index (κ2) is 8.94. The van der Waals surface area contributed by atoms with Crippen molar-refractivity contribution in [3.8, 4) is 0 Å². The number of aliphatic carboxylic acids is 1. The van der Waals surface area contributed by atoms with Gasteiger partial charge in [-0.05, 0) is 5.92 Å². The highest BCUT2D eigenvalue weighted by molar-refractivity contribution is 5.82. The fraction of sp³-hybridized carbons (Fsp3) is 0.533. The first kappa shape index (κ1) is 19.4. The zero-order valence-corrected chi connectivity index (χ0v) is 14.6. The molecule has 0 aromatic carbocycles. The molecule has 2 heterocycles. The Bertz CT molecular complexity index is 715. The van der Waals surface area contributed by atoms with Crippen LogP contribution in [-0.2, 0) is 17.8 Å². The second-order valence-corrected chi connectivity index (χ2v) is 5.96. The lowest BCUT2D eigenvalue weighted by molar-refractivity contribution is -0.139. The molecule has 11 heteroatoms. The van der Waals surface area contributed by atoms with Gasteiger partial charge in [-0.2, -0.15) is 4.98 Å². The van der Waals surface area contributed by atoms with Crippen LogP contribution in [-0.4, -0.2) is 43.3 Å². The summed E-state index contributed by atoms with van der Waals surface area (Å²) < 4.78 is 5.06. The number of carbonyl (C=O) groups is 2. The van der Waals surface area contributed by atoms with Gasteiger partial charge < -0.3 is 31.0 Å². The van der Waals surface area contributed by atoms with Gasteiger partial charge in [0.05, 0.1) is 18.9 Å². The number of hydrogen-bond donors (Lipinski definition) is 5. The van der Waals surface area contributed by atoms with Gasteiger partial charge in [-0.25, -0.2) is 14.6 Å². The average molecular weight is 365 g/mol. The van der Waals surface area contributed by atoms with Crippen molar-refractivity contribution in [3.63, 3.8) is 0 Å². The number of aromatic amines is 1. The second-order valence-electron chi connectivity index (χ2n) is 5.96. The minimum atomic E-state index is -1.16. The molecule has 0 saturated heterocycles. The Morgan fingerprint density at radius 3 is 2.85 bits per heavy atom. The molecule has 2 rings (SSSR count). The Morgan fingerprint density at radius 1 is 1.46 bits per heavy atom. The predicted molar refractivity (Wildman–Crippen MR) is 89.8 cm³/mol. The molecule has 3 atom stereocenters. The van der Waals surface area contributed by atoms with Gasteiger partial charge in [0.25, 0.3) is 0 Å². The van der Waals surface area contributed by atoms with E-state index in [1.165, 1.54) is 12.5 Å². The summed E-state index contributed by atoms with van der Waals surface area (Å²) in [6, 6.07) is -2.12. The van der Waals surface area contributed by atoms with Gasteiger partial charge in [0.15, 0.2) is 5.82 Å². The number of nitrogens with one attached hydrogen (secondary N) is 3. The predicted octanol–water partition coefficient (Wildman–Crippen LogP) is 0.334. The van der Waals surface area contributed by atoms with Crippen LogP contribution in [0.25, 0.3) is 0 Å². The van der Waals surface area contributed by atoms with Crippen LogP contribution < -0.4 is 16.4 Å². The van der Waals surface area contributed by atoms with Crippen molar-refractivity contribution in [2.24, 2.45) is 11.7 Å². The molecular formula is C15H23N7O4. The molecular weight excluding hydrogens is 342 g/mol. The van der Waals surface area contributed by atoms with E-state index in [-0.39, 0.29) is 30.8 Å². The normalized spacial score (nSPS) is 14.4.